The minimum Gasteiger partial charge on any atom is -0.370 e. The highest BCUT2D eigenvalue weighted by Gasteiger charge is 2.35. The van der Waals surface area contributed by atoms with Crippen LogP contribution < -0.4 is 0 Å². The number of hydrogen-bond acceptors (Lipinski definition) is 3. The SMILES string of the molecule is Cc1ccc(C2CN(S(=O)(=O)Cc3cccc(C)c3)C(C)CO2)cc1. The molecule has 0 amide bonds. The lowest BCUT2D eigenvalue weighted by atomic mass is 10.1. The number of rotatable bonds is 4. The Labute approximate surface area is 150 Å². The van der Waals surface area contributed by atoms with Crippen molar-refractivity contribution in [3.63, 3.8) is 0 Å². The Balaban J connectivity index is 1.80. The fourth-order valence-corrected chi connectivity index (χ4v) is 4.94. The van der Waals surface area contributed by atoms with Crippen LogP contribution in [0.5, 0.6) is 0 Å². The van der Waals surface area contributed by atoms with Gasteiger partial charge in [0.25, 0.3) is 0 Å². The Bertz CT molecular complexity index is 830. The normalized spacial score (nSPS) is 22.0. The molecule has 1 saturated heterocycles. The molecule has 0 N–H and O–H groups in total. The van der Waals surface area contributed by atoms with Gasteiger partial charge in [-0.15, -0.1) is 0 Å². The third kappa shape index (κ3) is 4.29. The minimum atomic E-state index is -3.40. The Kier molecular flexibility index (Phi) is 5.27. The zero-order valence-corrected chi connectivity index (χ0v) is 15.8. The first-order chi connectivity index (χ1) is 11.8. The number of ether oxygens (including phenoxy) is 1. The number of nitrogens with zero attached hydrogens (tertiary/aromatic N) is 1. The summed E-state index contributed by atoms with van der Waals surface area (Å²) in [6, 6.07) is 15.6. The summed E-state index contributed by atoms with van der Waals surface area (Å²) in [6.07, 6.45) is -0.218. The lowest BCUT2D eigenvalue weighted by Gasteiger charge is -2.37. The van der Waals surface area contributed by atoms with E-state index in [0.29, 0.717) is 13.2 Å². The second-order valence-electron chi connectivity index (χ2n) is 6.90. The average Bonchev–Trinajstić information content (AvgIpc) is 2.55. The second kappa shape index (κ2) is 7.28. The number of sulfonamides is 1. The molecule has 3 rings (SSSR count). The molecular formula is C20H25NO3S. The molecule has 0 aromatic heterocycles. The third-order valence-electron chi connectivity index (χ3n) is 4.61. The van der Waals surface area contributed by atoms with Gasteiger partial charge in [-0.1, -0.05) is 59.7 Å². The summed E-state index contributed by atoms with van der Waals surface area (Å²) in [6.45, 7) is 6.68. The highest BCUT2D eigenvalue weighted by Crippen LogP contribution is 2.28. The summed E-state index contributed by atoms with van der Waals surface area (Å²) >= 11 is 0. The van der Waals surface area contributed by atoms with Crippen LogP contribution >= 0.6 is 0 Å². The first-order valence-electron chi connectivity index (χ1n) is 8.58. The highest BCUT2D eigenvalue weighted by atomic mass is 32.2. The van der Waals surface area contributed by atoms with Crippen LogP contribution in [-0.4, -0.2) is 31.9 Å². The van der Waals surface area contributed by atoms with E-state index in [9.17, 15) is 8.42 Å². The molecule has 0 bridgehead atoms. The van der Waals surface area contributed by atoms with Gasteiger partial charge in [0.05, 0.1) is 18.5 Å². The van der Waals surface area contributed by atoms with Crippen LogP contribution in [0.2, 0.25) is 0 Å². The van der Waals surface area contributed by atoms with E-state index in [-0.39, 0.29) is 17.9 Å². The smallest absolute Gasteiger partial charge is 0.218 e. The topological polar surface area (TPSA) is 46.6 Å². The van der Waals surface area contributed by atoms with Crippen molar-refractivity contribution < 1.29 is 13.2 Å². The van der Waals surface area contributed by atoms with E-state index in [1.54, 1.807) is 4.31 Å². The van der Waals surface area contributed by atoms with Gasteiger partial charge in [0.1, 0.15) is 0 Å². The van der Waals surface area contributed by atoms with Crippen molar-refractivity contribution in [1.82, 2.24) is 4.31 Å². The highest BCUT2D eigenvalue weighted by molar-refractivity contribution is 7.88. The third-order valence-corrected chi connectivity index (χ3v) is 6.54. The fraction of sp³-hybridized carbons (Fsp3) is 0.400. The van der Waals surface area contributed by atoms with E-state index in [1.165, 1.54) is 5.56 Å². The van der Waals surface area contributed by atoms with Crippen LogP contribution in [0.15, 0.2) is 48.5 Å². The lowest BCUT2D eigenvalue weighted by Crippen LogP contribution is -2.48. The molecule has 134 valence electrons. The zero-order valence-electron chi connectivity index (χ0n) is 15.0. The largest absolute Gasteiger partial charge is 0.370 e. The molecule has 0 spiro atoms. The molecule has 2 aromatic rings. The van der Waals surface area contributed by atoms with E-state index >= 15 is 0 Å². The van der Waals surface area contributed by atoms with Crippen LogP contribution in [0.3, 0.4) is 0 Å². The Morgan fingerprint density at radius 2 is 1.80 bits per heavy atom. The average molecular weight is 359 g/mol. The zero-order chi connectivity index (χ0) is 18.0. The van der Waals surface area contributed by atoms with Gasteiger partial charge in [-0.2, -0.15) is 4.31 Å². The summed E-state index contributed by atoms with van der Waals surface area (Å²) in [4.78, 5) is 0. The van der Waals surface area contributed by atoms with Gasteiger partial charge in [-0.25, -0.2) is 8.42 Å². The quantitative estimate of drug-likeness (QED) is 0.838. The molecule has 2 unspecified atom stereocenters. The number of benzene rings is 2. The summed E-state index contributed by atoms with van der Waals surface area (Å²) in [5, 5.41) is 0. The molecule has 0 radical (unpaired) electrons. The first-order valence-corrected chi connectivity index (χ1v) is 10.2. The van der Waals surface area contributed by atoms with Crippen LogP contribution in [-0.2, 0) is 20.5 Å². The van der Waals surface area contributed by atoms with Crippen LogP contribution in [0.4, 0.5) is 0 Å². The lowest BCUT2D eigenvalue weighted by molar-refractivity contribution is -0.0289. The summed E-state index contributed by atoms with van der Waals surface area (Å²) < 4.78 is 33.5. The van der Waals surface area contributed by atoms with Crippen LogP contribution in [0.25, 0.3) is 0 Å². The van der Waals surface area contributed by atoms with E-state index in [1.807, 2.05) is 69.3 Å². The Morgan fingerprint density at radius 1 is 1.08 bits per heavy atom. The maximum Gasteiger partial charge on any atom is 0.218 e. The van der Waals surface area contributed by atoms with Crippen LogP contribution in [0.1, 0.15) is 35.3 Å². The van der Waals surface area contributed by atoms with Crippen molar-refractivity contribution in [1.29, 1.82) is 0 Å². The molecule has 0 aliphatic carbocycles. The molecule has 1 heterocycles. The van der Waals surface area contributed by atoms with E-state index in [0.717, 1.165) is 16.7 Å². The van der Waals surface area contributed by atoms with E-state index < -0.39 is 10.0 Å². The first kappa shape index (κ1) is 18.1. The van der Waals surface area contributed by atoms with Gasteiger partial charge in [0, 0.05) is 12.6 Å². The molecule has 1 aliphatic heterocycles. The molecule has 0 saturated carbocycles. The molecule has 2 atom stereocenters. The summed E-state index contributed by atoms with van der Waals surface area (Å²) in [5.74, 6) is 0.0274. The standard InChI is InChI=1S/C20H25NO3S/c1-15-7-9-19(10-8-15)20-12-21(17(3)13-24-20)25(22,23)14-18-6-4-5-16(2)11-18/h4-11,17,20H,12-14H2,1-3H3. The maximum atomic E-state index is 13.0. The van der Waals surface area contributed by atoms with Gasteiger partial charge in [-0.3, -0.25) is 0 Å². The Hall–Kier alpha value is -1.69. The molecule has 5 heteroatoms. The van der Waals surface area contributed by atoms with Crippen molar-refractivity contribution in [2.24, 2.45) is 0 Å². The molecule has 1 aliphatic rings. The molecular weight excluding hydrogens is 334 g/mol. The molecule has 2 aromatic carbocycles. The van der Waals surface area contributed by atoms with E-state index in [4.69, 9.17) is 4.74 Å². The van der Waals surface area contributed by atoms with Crippen molar-refractivity contribution in [3.05, 3.63) is 70.8 Å². The molecule has 4 nitrogen and oxygen atoms in total. The van der Waals surface area contributed by atoms with Crippen molar-refractivity contribution >= 4 is 10.0 Å². The summed E-state index contributed by atoms with van der Waals surface area (Å²) in [5.41, 5.74) is 4.09. The van der Waals surface area contributed by atoms with Gasteiger partial charge in [0.2, 0.25) is 10.0 Å². The van der Waals surface area contributed by atoms with Crippen molar-refractivity contribution in [2.45, 2.75) is 38.7 Å². The van der Waals surface area contributed by atoms with Gasteiger partial charge in [-0.05, 0) is 31.9 Å². The minimum absolute atomic E-state index is 0.0274. The number of hydrogen-bond donors (Lipinski definition) is 0. The maximum absolute atomic E-state index is 13.0. The van der Waals surface area contributed by atoms with Gasteiger partial charge < -0.3 is 4.74 Å². The number of morpholine rings is 1. The number of aryl methyl sites for hydroxylation is 2. The second-order valence-corrected chi connectivity index (χ2v) is 8.82. The Morgan fingerprint density at radius 3 is 2.48 bits per heavy atom. The predicted octanol–water partition coefficient (Wildman–Crippen LogP) is 3.60. The molecule has 25 heavy (non-hydrogen) atoms. The van der Waals surface area contributed by atoms with Crippen molar-refractivity contribution in [3.8, 4) is 0 Å². The van der Waals surface area contributed by atoms with Gasteiger partial charge >= 0.3 is 0 Å². The van der Waals surface area contributed by atoms with E-state index in [2.05, 4.69) is 0 Å². The van der Waals surface area contributed by atoms with Crippen LogP contribution in [0, 0.1) is 13.8 Å². The monoisotopic (exact) mass is 359 g/mol. The van der Waals surface area contributed by atoms with Gasteiger partial charge in [0.15, 0.2) is 0 Å². The molecule has 1 fully saturated rings. The van der Waals surface area contributed by atoms with Crippen molar-refractivity contribution in [2.75, 3.05) is 13.2 Å². The fourth-order valence-electron chi connectivity index (χ4n) is 3.20. The summed E-state index contributed by atoms with van der Waals surface area (Å²) in [7, 11) is -3.40. The predicted molar refractivity (Wildman–Crippen MR) is 99.8 cm³/mol.